The summed E-state index contributed by atoms with van der Waals surface area (Å²) < 4.78 is 0. The average Bonchev–Trinajstić information content (AvgIpc) is 2.82. The Labute approximate surface area is 96.4 Å². The molecule has 2 unspecified atom stereocenters. The molecule has 0 aromatic rings. The third-order valence-corrected chi connectivity index (χ3v) is 3.57. The summed E-state index contributed by atoms with van der Waals surface area (Å²) in [5.74, 6) is -0.0710. The maximum atomic E-state index is 11.6. The van der Waals surface area contributed by atoms with Crippen LogP contribution in [0.5, 0.6) is 0 Å². The molecule has 0 aliphatic carbocycles. The minimum atomic E-state index is -0.0999. The lowest BCUT2D eigenvalue weighted by Crippen LogP contribution is -2.32. The summed E-state index contributed by atoms with van der Waals surface area (Å²) in [4.78, 5) is 24.6. The van der Waals surface area contributed by atoms with E-state index in [1.165, 1.54) is 17.7 Å². The van der Waals surface area contributed by atoms with Crippen LogP contribution >= 0.6 is 0 Å². The summed E-state index contributed by atoms with van der Waals surface area (Å²) in [6.45, 7) is 3.56. The molecule has 2 fully saturated rings. The highest BCUT2D eigenvalue weighted by atomic mass is 16.2. The maximum absolute atomic E-state index is 11.6. The van der Waals surface area contributed by atoms with Gasteiger partial charge >= 0.3 is 0 Å². The molecule has 2 rings (SSSR count). The van der Waals surface area contributed by atoms with Gasteiger partial charge in [0.25, 0.3) is 0 Å². The van der Waals surface area contributed by atoms with E-state index in [2.05, 4.69) is 5.32 Å². The van der Waals surface area contributed by atoms with Crippen molar-refractivity contribution in [3.63, 3.8) is 0 Å². The summed E-state index contributed by atoms with van der Waals surface area (Å²) in [6.07, 6.45) is 4.90. The SMILES string of the molecule is CC1CC(=O)N(CCCC2CCCN2)C1=O. The fourth-order valence-electron chi connectivity index (χ4n) is 2.58. The minimum absolute atomic E-state index is 0.0110. The van der Waals surface area contributed by atoms with Crippen molar-refractivity contribution in [3.05, 3.63) is 0 Å². The molecule has 90 valence electrons. The molecule has 2 aliphatic heterocycles. The molecule has 4 heteroatoms. The first-order valence-corrected chi connectivity index (χ1v) is 6.26. The van der Waals surface area contributed by atoms with Crippen LogP contribution in [0.25, 0.3) is 0 Å². The van der Waals surface area contributed by atoms with Crippen LogP contribution in [0.1, 0.15) is 39.0 Å². The Hall–Kier alpha value is -0.900. The summed E-state index contributed by atoms with van der Waals surface area (Å²) in [7, 11) is 0. The predicted octanol–water partition coefficient (Wildman–Crippen LogP) is 0.914. The van der Waals surface area contributed by atoms with Crippen LogP contribution < -0.4 is 5.32 Å². The van der Waals surface area contributed by atoms with E-state index in [0.29, 0.717) is 19.0 Å². The smallest absolute Gasteiger partial charge is 0.232 e. The van der Waals surface area contributed by atoms with E-state index >= 15 is 0 Å². The van der Waals surface area contributed by atoms with Crippen LogP contribution in [0.15, 0.2) is 0 Å². The van der Waals surface area contributed by atoms with E-state index in [9.17, 15) is 9.59 Å². The van der Waals surface area contributed by atoms with Crippen molar-refractivity contribution in [1.29, 1.82) is 0 Å². The summed E-state index contributed by atoms with van der Waals surface area (Å²) in [5.41, 5.74) is 0. The number of nitrogens with zero attached hydrogens (tertiary/aromatic N) is 1. The number of imide groups is 1. The van der Waals surface area contributed by atoms with Crippen molar-refractivity contribution in [3.8, 4) is 0 Å². The maximum Gasteiger partial charge on any atom is 0.232 e. The number of carbonyl (C=O) groups is 2. The monoisotopic (exact) mass is 224 g/mol. The number of carbonyl (C=O) groups excluding carboxylic acids is 2. The molecule has 0 aromatic heterocycles. The van der Waals surface area contributed by atoms with Gasteiger partial charge in [-0.15, -0.1) is 0 Å². The molecular formula is C12H20N2O2. The van der Waals surface area contributed by atoms with Gasteiger partial charge in [0.15, 0.2) is 0 Å². The third-order valence-electron chi connectivity index (χ3n) is 3.57. The average molecular weight is 224 g/mol. The first-order valence-electron chi connectivity index (χ1n) is 6.26. The Morgan fingerprint density at radius 3 is 2.81 bits per heavy atom. The first kappa shape index (κ1) is 11.6. The van der Waals surface area contributed by atoms with Gasteiger partial charge in [0.05, 0.1) is 0 Å². The van der Waals surface area contributed by atoms with Crippen LogP contribution in [0.4, 0.5) is 0 Å². The Morgan fingerprint density at radius 2 is 2.25 bits per heavy atom. The molecule has 0 bridgehead atoms. The Kier molecular flexibility index (Phi) is 3.59. The van der Waals surface area contributed by atoms with Crippen LogP contribution in [0.2, 0.25) is 0 Å². The van der Waals surface area contributed by atoms with Gasteiger partial charge in [-0.3, -0.25) is 14.5 Å². The Balaban J connectivity index is 1.73. The summed E-state index contributed by atoms with van der Waals surface area (Å²) in [6, 6.07) is 0.602. The van der Waals surface area contributed by atoms with E-state index in [4.69, 9.17) is 0 Å². The zero-order valence-corrected chi connectivity index (χ0v) is 9.87. The lowest BCUT2D eigenvalue weighted by atomic mass is 10.1. The quantitative estimate of drug-likeness (QED) is 0.722. The number of rotatable bonds is 4. The van der Waals surface area contributed by atoms with Gasteiger partial charge in [-0.05, 0) is 32.2 Å². The molecule has 2 aliphatic rings. The second kappa shape index (κ2) is 4.95. The molecule has 0 spiro atoms. The highest BCUT2D eigenvalue weighted by Crippen LogP contribution is 2.20. The van der Waals surface area contributed by atoms with Gasteiger partial charge < -0.3 is 5.32 Å². The van der Waals surface area contributed by atoms with Gasteiger partial charge in [-0.1, -0.05) is 6.92 Å². The van der Waals surface area contributed by atoms with Crippen LogP contribution in [-0.2, 0) is 9.59 Å². The molecule has 0 saturated carbocycles. The molecule has 1 N–H and O–H groups in total. The van der Waals surface area contributed by atoms with Gasteiger partial charge in [0, 0.05) is 24.9 Å². The third kappa shape index (κ3) is 2.43. The predicted molar refractivity (Wildman–Crippen MR) is 60.8 cm³/mol. The topological polar surface area (TPSA) is 49.4 Å². The van der Waals surface area contributed by atoms with E-state index in [0.717, 1.165) is 19.4 Å². The normalized spacial score (nSPS) is 30.4. The lowest BCUT2D eigenvalue weighted by molar-refractivity contribution is -0.139. The van der Waals surface area contributed by atoms with Crippen molar-refractivity contribution in [2.45, 2.75) is 45.1 Å². The number of nitrogens with one attached hydrogen (secondary N) is 1. The van der Waals surface area contributed by atoms with E-state index in [1.54, 1.807) is 0 Å². The number of amides is 2. The second-order valence-electron chi connectivity index (χ2n) is 4.92. The van der Waals surface area contributed by atoms with E-state index < -0.39 is 0 Å². The van der Waals surface area contributed by atoms with Gasteiger partial charge in [-0.2, -0.15) is 0 Å². The van der Waals surface area contributed by atoms with Crippen molar-refractivity contribution in [2.75, 3.05) is 13.1 Å². The van der Waals surface area contributed by atoms with Crippen LogP contribution in [0.3, 0.4) is 0 Å². The molecule has 0 aromatic carbocycles. The molecule has 2 atom stereocenters. The first-order chi connectivity index (χ1) is 7.68. The Bertz CT molecular complexity index is 285. The summed E-state index contributed by atoms with van der Waals surface area (Å²) >= 11 is 0. The molecule has 4 nitrogen and oxygen atoms in total. The zero-order valence-electron chi connectivity index (χ0n) is 9.87. The van der Waals surface area contributed by atoms with E-state index in [1.807, 2.05) is 6.92 Å². The van der Waals surface area contributed by atoms with Gasteiger partial charge in [-0.25, -0.2) is 0 Å². The summed E-state index contributed by atoms with van der Waals surface area (Å²) in [5, 5.41) is 3.42. The van der Waals surface area contributed by atoms with Crippen molar-refractivity contribution >= 4 is 11.8 Å². The van der Waals surface area contributed by atoms with Crippen LogP contribution in [0, 0.1) is 5.92 Å². The molecule has 2 heterocycles. The lowest BCUT2D eigenvalue weighted by Gasteiger charge is -2.16. The fraction of sp³-hybridized carbons (Fsp3) is 0.833. The molecule has 2 amide bonds. The van der Waals surface area contributed by atoms with Crippen molar-refractivity contribution in [2.24, 2.45) is 5.92 Å². The standard InChI is InChI=1S/C12H20N2O2/c1-9-8-11(15)14(12(9)16)7-3-5-10-4-2-6-13-10/h9-10,13H,2-8H2,1H3. The van der Waals surface area contributed by atoms with Gasteiger partial charge in [0.1, 0.15) is 0 Å². The molecule has 2 saturated heterocycles. The highest BCUT2D eigenvalue weighted by Gasteiger charge is 2.34. The molecule has 16 heavy (non-hydrogen) atoms. The fourth-order valence-corrected chi connectivity index (χ4v) is 2.58. The number of hydrogen-bond donors (Lipinski definition) is 1. The van der Waals surface area contributed by atoms with Gasteiger partial charge in [0.2, 0.25) is 11.8 Å². The van der Waals surface area contributed by atoms with E-state index in [-0.39, 0.29) is 17.7 Å². The van der Waals surface area contributed by atoms with Crippen molar-refractivity contribution < 1.29 is 9.59 Å². The Morgan fingerprint density at radius 1 is 1.44 bits per heavy atom. The van der Waals surface area contributed by atoms with Crippen molar-refractivity contribution in [1.82, 2.24) is 10.2 Å². The second-order valence-corrected chi connectivity index (χ2v) is 4.92. The highest BCUT2D eigenvalue weighted by molar-refractivity contribution is 6.03. The number of likely N-dealkylation sites (tertiary alicyclic amines) is 1. The molecular weight excluding hydrogens is 204 g/mol. The molecule has 0 radical (unpaired) electrons. The van der Waals surface area contributed by atoms with Crippen LogP contribution in [-0.4, -0.2) is 35.8 Å². The largest absolute Gasteiger partial charge is 0.314 e. The number of hydrogen-bond acceptors (Lipinski definition) is 3. The zero-order chi connectivity index (χ0) is 11.5. The minimum Gasteiger partial charge on any atom is -0.314 e.